The number of hydrogen-bond acceptors (Lipinski definition) is 7. The van der Waals surface area contributed by atoms with Crippen LogP contribution in [-0.2, 0) is 0 Å². The summed E-state index contributed by atoms with van der Waals surface area (Å²) in [6.45, 7) is 1.21. The van der Waals surface area contributed by atoms with Crippen molar-refractivity contribution in [1.82, 2.24) is 24.5 Å². The first kappa shape index (κ1) is 21.5. The van der Waals surface area contributed by atoms with Gasteiger partial charge < -0.3 is 15.5 Å². The van der Waals surface area contributed by atoms with E-state index in [0.717, 1.165) is 41.9 Å². The van der Waals surface area contributed by atoms with Crippen LogP contribution in [0.5, 0.6) is 0 Å². The number of piperidine rings is 1. The van der Waals surface area contributed by atoms with Gasteiger partial charge in [-0.15, -0.1) is 11.3 Å². The van der Waals surface area contributed by atoms with Gasteiger partial charge in [0.1, 0.15) is 5.82 Å². The molecule has 1 saturated heterocycles. The van der Waals surface area contributed by atoms with Gasteiger partial charge in [0, 0.05) is 45.0 Å². The second kappa shape index (κ2) is 8.92. The van der Waals surface area contributed by atoms with Crippen LogP contribution in [0.3, 0.4) is 0 Å². The Labute approximate surface area is 196 Å². The van der Waals surface area contributed by atoms with Crippen LogP contribution in [0.25, 0.3) is 27.5 Å². The minimum Gasteiger partial charge on any atom is -0.363 e. The van der Waals surface area contributed by atoms with Crippen LogP contribution in [0, 0.1) is 0 Å². The summed E-state index contributed by atoms with van der Waals surface area (Å²) in [5.74, 6) is 0.714. The smallest absolute Gasteiger partial charge is 0.254 e. The predicted octanol–water partition coefficient (Wildman–Crippen LogP) is 3.54. The van der Waals surface area contributed by atoms with Crippen LogP contribution < -0.4 is 10.6 Å². The number of amides is 1. The molecule has 1 amide bonds. The van der Waals surface area contributed by atoms with Crippen molar-refractivity contribution in [2.75, 3.05) is 32.1 Å². The third-order valence-electron chi connectivity index (χ3n) is 6.10. The van der Waals surface area contributed by atoms with Crippen LogP contribution >= 0.6 is 11.3 Å². The molecule has 0 bridgehead atoms. The normalized spacial score (nSPS) is 16.3. The molecule has 1 unspecified atom stereocenters. The van der Waals surface area contributed by atoms with E-state index in [1.807, 2.05) is 65.8 Å². The number of fused-ring (bicyclic) bond motifs is 1. The molecule has 1 fully saturated rings. The van der Waals surface area contributed by atoms with E-state index in [0.29, 0.717) is 29.3 Å². The fourth-order valence-electron chi connectivity index (χ4n) is 4.30. The lowest BCUT2D eigenvalue weighted by molar-refractivity contribution is 0.0623. The molecule has 2 N–H and O–H groups in total. The number of rotatable bonds is 5. The SMILES string of the molecule is CN(C)c1cc(C(=O)N2CCCCC2CN)cc(-c2cnn3ccc(-c4cccs4)nc23)n1. The van der Waals surface area contributed by atoms with Crippen LogP contribution in [0.4, 0.5) is 5.82 Å². The summed E-state index contributed by atoms with van der Waals surface area (Å²) < 4.78 is 1.74. The van der Waals surface area contributed by atoms with Crippen molar-refractivity contribution in [3.8, 4) is 21.8 Å². The number of carbonyl (C=O) groups excluding carboxylic acids is 1. The lowest BCUT2D eigenvalue weighted by atomic mass is 10.0. The van der Waals surface area contributed by atoms with Gasteiger partial charge in [-0.1, -0.05) is 6.07 Å². The van der Waals surface area contributed by atoms with Gasteiger partial charge in [0.05, 0.1) is 28.0 Å². The van der Waals surface area contributed by atoms with Gasteiger partial charge in [0.15, 0.2) is 5.65 Å². The van der Waals surface area contributed by atoms with E-state index in [1.165, 1.54) is 0 Å². The molecule has 33 heavy (non-hydrogen) atoms. The Morgan fingerprint density at radius 3 is 2.85 bits per heavy atom. The lowest BCUT2D eigenvalue weighted by Gasteiger charge is -2.35. The molecule has 0 aliphatic carbocycles. The molecule has 9 heteroatoms. The molecule has 170 valence electrons. The quantitative estimate of drug-likeness (QED) is 0.489. The maximum absolute atomic E-state index is 13.5. The van der Waals surface area contributed by atoms with E-state index in [-0.39, 0.29) is 11.9 Å². The summed E-state index contributed by atoms with van der Waals surface area (Å²) in [5, 5.41) is 6.51. The molecule has 4 aromatic rings. The predicted molar refractivity (Wildman–Crippen MR) is 132 cm³/mol. The molecule has 1 aliphatic heterocycles. The van der Waals surface area contributed by atoms with Gasteiger partial charge in [-0.3, -0.25) is 4.79 Å². The Morgan fingerprint density at radius 1 is 1.21 bits per heavy atom. The van der Waals surface area contributed by atoms with Crippen molar-refractivity contribution in [3.63, 3.8) is 0 Å². The first-order valence-electron chi connectivity index (χ1n) is 11.1. The second-order valence-electron chi connectivity index (χ2n) is 8.49. The maximum Gasteiger partial charge on any atom is 0.254 e. The summed E-state index contributed by atoms with van der Waals surface area (Å²) in [7, 11) is 3.85. The molecule has 1 atom stereocenters. The fourth-order valence-corrected chi connectivity index (χ4v) is 4.99. The molecular weight excluding hydrogens is 434 g/mol. The molecule has 4 aromatic heterocycles. The minimum atomic E-state index is 0.000563. The zero-order valence-electron chi connectivity index (χ0n) is 18.8. The molecule has 8 nitrogen and oxygen atoms in total. The van der Waals surface area contributed by atoms with E-state index < -0.39 is 0 Å². The van der Waals surface area contributed by atoms with Crippen molar-refractivity contribution in [2.24, 2.45) is 5.73 Å². The number of nitrogens with zero attached hydrogens (tertiary/aromatic N) is 6. The molecule has 0 saturated carbocycles. The Kier molecular flexibility index (Phi) is 5.82. The van der Waals surface area contributed by atoms with Crippen LogP contribution in [-0.4, -0.2) is 63.6 Å². The average Bonchev–Trinajstić information content (AvgIpc) is 3.53. The maximum atomic E-state index is 13.5. The zero-order chi connectivity index (χ0) is 22.9. The third-order valence-corrected chi connectivity index (χ3v) is 6.99. The van der Waals surface area contributed by atoms with E-state index in [2.05, 4.69) is 5.10 Å². The highest BCUT2D eigenvalue weighted by Crippen LogP contribution is 2.29. The number of nitrogens with two attached hydrogens (primary N) is 1. The van der Waals surface area contributed by atoms with Gasteiger partial charge >= 0.3 is 0 Å². The van der Waals surface area contributed by atoms with Gasteiger partial charge in [0.25, 0.3) is 5.91 Å². The van der Waals surface area contributed by atoms with Crippen LogP contribution in [0.1, 0.15) is 29.6 Å². The highest BCUT2D eigenvalue weighted by Gasteiger charge is 2.27. The summed E-state index contributed by atoms with van der Waals surface area (Å²) >= 11 is 1.64. The zero-order valence-corrected chi connectivity index (χ0v) is 19.6. The number of aromatic nitrogens is 4. The number of thiophene rings is 1. The van der Waals surface area contributed by atoms with E-state index >= 15 is 0 Å². The first-order chi connectivity index (χ1) is 16.0. The van der Waals surface area contributed by atoms with Gasteiger partial charge in [-0.25, -0.2) is 14.5 Å². The summed E-state index contributed by atoms with van der Waals surface area (Å²) in [4.78, 5) is 28.1. The Hall–Kier alpha value is -3.30. The number of carbonyl (C=O) groups is 1. The second-order valence-corrected chi connectivity index (χ2v) is 9.44. The molecule has 0 aromatic carbocycles. The number of anilines is 1. The van der Waals surface area contributed by atoms with Crippen molar-refractivity contribution in [2.45, 2.75) is 25.3 Å². The average molecular weight is 462 g/mol. The van der Waals surface area contributed by atoms with Crippen LogP contribution in [0.15, 0.2) is 48.1 Å². The summed E-state index contributed by atoms with van der Waals surface area (Å²) in [5.41, 5.74) is 9.65. The number of pyridine rings is 1. The van der Waals surface area contributed by atoms with E-state index in [4.69, 9.17) is 15.7 Å². The highest BCUT2D eigenvalue weighted by atomic mass is 32.1. The van der Waals surface area contributed by atoms with Gasteiger partial charge in [0.2, 0.25) is 0 Å². The lowest BCUT2D eigenvalue weighted by Crippen LogP contribution is -2.47. The molecular formula is C24H27N7OS. The first-order valence-corrected chi connectivity index (χ1v) is 12.0. The monoisotopic (exact) mass is 461 g/mol. The third kappa shape index (κ3) is 4.09. The summed E-state index contributed by atoms with van der Waals surface area (Å²) in [6.07, 6.45) is 6.73. The van der Waals surface area contributed by atoms with Crippen molar-refractivity contribution in [3.05, 3.63) is 53.7 Å². The topological polar surface area (TPSA) is 92.7 Å². The number of likely N-dealkylation sites (tertiary alicyclic amines) is 1. The Morgan fingerprint density at radius 2 is 2.09 bits per heavy atom. The van der Waals surface area contributed by atoms with E-state index in [9.17, 15) is 4.79 Å². The van der Waals surface area contributed by atoms with Gasteiger partial charge in [-0.05, 0) is 48.9 Å². The standard InChI is InChI=1S/C24H27N7OS/c1-29(2)22-13-16(24(32)30-9-4-3-6-17(30)14-25)12-20(27-22)18-15-26-31-10-8-19(28-23(18)31)21-7-5-11-33-21/h5,7-8,10-13,15,17H,3-4,6,9,14,25H2,1-2H3. The summed E-state index contributed by atoms with van der Waals surface area (Å²) in [6, 6.07) is 9.81. The van der Waals surface area contributed by atoms with Crippen molar-refractivity contribution < 1.29 is 4.79 Å². The largest absolute Gasteiger partial charge is 0.363 e. The van der Waals surface area contributed by atoms with Gasteiger partial charge in [-0.2, -0.15) is 5.10 Å². The molecule has 0 spiro atoms. The fraction of sp³-hybridized carbons (Fsp3) is 0.333. The Balaban J connectivity index is 1.60. The van der Waals surface area contributed by atoms with Crippen LogP contribution in [0.2, 0.25) is 0 Å². The minimum absolute atomic E-state index is 0.000563. The van der Waals surface area contributed by atoms with Crippen molar-refractivity contribution in [1.29, 1.82) is 0 Å². The molecule has 5 rings (SSSR count). The molecule has 5 heterocycles. The van der Waals surface area contributed by atoms with Crippen molar-refractivity contribution >= 4 is 28.7 Å². The number of hydrogen-bond donors (Lipinski definition) is 1. The Bertz CT molecular complexity index is 1280. The molecule has 1 aliphatic rings. The highest BCUT2D eigenvalue weighted by molar-refractivity contribution is 7.13. The molecule has 0 radical (unpaired) electrons. The van der Waals surface area contributed by atoms with E-state index in [1.54, 1.807) is 22.0 Å².